The third kappa shape index (κ3) is 3.18. The van der Waals surface area contributed by atoms with Crippen LogP contribution in [0.5, 0.6) is 0 Å². The normalized spacial score (nSPS) is 22.0. The molecule has 2 aromatic rings. The van der Waals surface area contributed by atoms with Gasteiger partial charge in [0.2, 0.25) is 0 Å². The summed E-state index contributed by atoms with van der Waals surface area (Å²) in [5.74, 6) is 0.292. The molecule has 1 saturated heterocycles. The van der Waals surface area contributed by atoms with Crippen LogP contribution in [0.1, 0.15) is 18.9 Å². The highest BCUT2D eigenvalue weighted by molar-refractivity contribution is 7.17. The molecule has 1 aliphatic rings. The Balaban J connectivity index is 1.71. The van der Waals surface area contributed by atoms with Crippen LogP contribution in [0.3, 0.4) is 0 Å². The van der Waals surface area contributed by atoms with Gasteiger partial charge in [0.05, 0.1) is 19.1 Å². The summed E-state index contributed by atoms with van der Waals surface area (Å²) in [4.78, 5) is 12.6. The molecule has 3 nitrogen and oxygen atoms in total. The van der Waals surface area contributed by atoms with Crippen LogP contribution in [0, 0.1) is 5.92 Å². The second kappa shape index (κ2) is 6.69. The highest BCUT2D eigenvalue weighted by Gasteiger charge is 2.33. The summed E-state index contributed by atoms with van der Waals surface area (Å²) in [7, 11) is 0. The molecule has 112 valence electrons. The lowest BCUT2D eigenvalue weighted by Gasteiger charge is -2.17. The Morgan fingerprint density at radius 2 is 2.24 bits per heavy atom. The minimum absolute atomic E-state index is 0.00443. The molecule has 2 atom stereocenters. The molecule has 0 spiro atoms. The van der Waals surface area contributed by atoms with Gasteiger partial charge < -0.3 is 10.1 Å². The lowest BCUT2D eigenvalue weighted by atomic mass is 9.93. The van der Waals surface area contributed by atoms with Gasteiger partial charge in [0.1, 0.15) is 5.78 Å². The van der Waals surface area contributed by atoms with Crippen LogP contribution < -0.4 is 5.32 Å². The van der Waals surface area contributed by atoms with Gasteiger partial charge in [0.25, 0.3) is 0 Å². The predicted octanol–water partition coefficient (Wildman–Crippen LogP) is 3.03. The molecule has 0 bridgehead atoms. The Bertz CT molecular complexity index is 622. The summed E-state index contributed by atoms with van der Waals surface area (Å²) in [5, 5.41) is 6.77. The topological polar surface area (TPSA) is 38.3 Å². The van der Waals surface area contributed by atoms with E-state index < -0.39 is 0 Å². The summed E-state index contributed by atoms with van der Waals surface area (Å²) in [6, 6.07) is 8.47. The van der Waals surface area contributed by atoms with Gasteiger partial charge in [-0.25, -0.2) is 0 Å². The van der Waals surface area contributed by atoms with Crippen molar-refractivity contribution in [3.05, 3.63) is 35.2 Å². The van der Waals surface area contributed by atoms with Crippen molar-refractivity contribution in [3.8, 4) is 0 Å². The number of carbonyl (C=O) groups is 1. The van der Waals surface area contributed by atoms with Crippen molar-refractivity contribution in [1.29, 1.82) is 0 Å². The minimum atomic E-state index is -0.00443. The van der Waals surface area contributed by atoms with Crippen LogP contribution in [-0.4, -0.2) is 31.6 Å². The van der Waals surface area contributed by atoms with E-state index in [1.54, 1.807) is 11.3 Å². The fourth-order valence-electron chi connectivity index (χ4n) is 2.89. The fraction of sp³-hybridized carbons (Fsp3) is 0.471. The van der Waals surface area contributed by atoms with Crippen LogP contribution in [-0.2, 0) is 16.0 Å². The number of fused-ring (bicyclic) bond motifs is 1. The first kappa shape index (κ1) is 14.7. The summed E-state index contributed by atoms with van der Waals surface area (Å²) in [6.07, 6.45) is 1.59. The average molecular weight is 303 g/mol. The first-order valence-corrected chi connectivity index (χ1v) is 8.46. The van der Waals surface area contributed by atoms with E-state index in [0.29, 0.717) is 25.4 Å². The molecule has 0 amide bonds. The number of ether oxygens (including phenoxy) is 1. The predicted molar refractivity (Wildman–Crippen MR) is 86.9 cm³/mol. The van der Waals surface area contributed by atoms with Crippen LogP contribution in [0.4, 0.5) is 0 Å². The van der Waals surface area contributed by atoms with Crippen molar-refractivity contribution >= 4 is 27.2 Å². The molecule has 1 fully saturated rings. The number of ketones is 1. The third-order valence-electron chi connectivity index (χ3n) is 4.08. The molecular formula is C17H21NO2S. The Morgan fingerprint density at radius 3 is 3.10 bits per heavy atom. The van der Waals surface area contributed by atoms with Crippen molar-refractivity contribution in [2.24, 2.45) is 5.92 Å². The molecule has 1 aromatic heterocycles. The molecule has 1 N–H and O–H groups in total. The fourth-order valence-corrected chi connectivity index (χ4v) is 3.85. The van der Waals surface area contributed by atoms with Crippen molar-refractivity contribution in [1.82, 2.24) is 5.32 Å². The SMILES string of the molecule is CCCNC1COCC1C(=O)Cc1csc2ccccc12. The van der Waals surface area contributed by atoms with E-state index in [1.807, 2.05) is 12.1 Å². The van der Waals surface area contributed by atoms with E-state index in [4.69, 9.17) is 4.74 Å². The van der Waals surface area contributed by atoms with Crippen molar-refractivity contribution in [2.75, 3.05) is 19.8 Å². The number of thiophene rings is 1. The molecular weight excluding hydrogens is 282 g/mol. The number of hydrogen-bond acceptors (Lipinski definition) is 4. The average Bonchev–Trinajstić information content (AvgIpc) is 3.12. The second-order valence-electron chi connectivity index (χ2n) is 5.60. The Hall–Kier alpha value is -1.23. The van der Waals surface area contributed by atoms with Gasteiger partial charge in [0.15, 0.2) is 0 Å². The van der Waals surface area contributed by atoms with Crippen molar-refractivity contribution in [2.45, 2.75) is 25.8 Å². The number of carbonyl (C=O) groups excluding carboxylic acids is 1. The van der Waals surface area contributed by atoms with Crippen LogP contribution in [0.15, 0.2) is 29.6 Å². The van der Waals surface area contributed by atoms with Gasteiger partial charge in [-0.3, -0.25) is 4.79 Å². The molecule has 1 aromatic carbocycles. The number of nitrogens with one attached hydrogen (secondary N) is 1. The zero-order valence-corrected chi connectivity index (χ0v) is 13.1. The van der Waals surface area contributed by atoms with E-state index in [1.165, 1.54) is 10.1 Å². The number of benzene rings is 1. The highest BCUT2D eigenvalue weighted by atomic mass is 32.1. The van der Waals surface area contributed by atoms with Gasteiger partial charge >= 0.3 is 0 Å². The lowest BCUT2D eigenvalue weighted by Crippen LogP contribution is -2.40. The van der Waals surface area contributed by atoms with Crippen LogP contribution in [0.2, 0.25) is 0 Å². The molecule has 1 aliphatic heterocycles. The maximum absolute atomic E-state index is 12.6. The summed E-state index contributed by atoms with van der Waals surface area (Å²) in [5.41, 5.74) is 1.15. The van der Waals surface area contributed by atoms with Crippen LogP contribution >= 0.6 is 11.3 Å². The molecule has 2 heterocycles. The first-order valence-electron chi connectivity index (χ1n) is 7.58. The number of rotatable bonds is 6. The van der Waals surface area contributed by atoms with E-state index in [2.05, 4.69) is 29.8 Å². The third-order valence-corrected chi connectivity index (χ3v) is 5.09. The quantitative estimate of drug-likeness (QED) is 0.891. The Kier molecular flexibility index (Phi) is 4.68. The van der Waals surface area contributed by atoms with Crippen molar-refractivity contribution in [3.63, 3.8) is 0 Å². The Labute approximate surface area is 129 Å². The van der Waals surface area contributed by atoms with Gasteiger partial charge in [-0.2, -0.15) is 0 Å². The van der Waals surface area contributed by atoms with E-state index in [-0.39, 0.29) is 12.0 Å². The van der Waals surface area contributed by atoms with Gasteiger partial charge in [-0.05, 0) is 35.4 Å². The maximum Gasteiger partial charge on any atom is 0.144 e. The molecule has 0 radical (unpaired) electrons. The molecule has 2 unspecified atom stereocenters. The van der Waals surface area contributed by atoms with Gasteiger partial charge in [-0.1, -0.05) is 25.1 Å². The summed E-state index contributed by atoms with van der Waals surface area (Å²) < 4.78 is 6.77. The Morgan fingerprint density at radius 1 is 1.38 bits per heavy atom. The smallest absolute Gasteiger partial charge is 0.144 e. The lowest BCUT2D eigenvalue weighted by molar-refractivity contribution is -0.122. The minimum Gasteiger partial charge on any atom is -0.379 e. The zero-order chi connectivity index (χ0) is 14.7. The highest BCUT2D eigenvalue weighted by Crippen LogP contribution is 2.27. The standard InChI is InChI=1S/C17H21NO2S/c1-2-7-18-15-10-20-9-14(15)16(19)8-12-11-21-17-6-4-3-5-13(12)17/h3-6,11,14-15,18H,2,7-10H2,1H3. The van der Waals surface area contributed by atoms with Crippen molar-refractivity contribution < 1.29 is 9.53 Å². The molecule has 3 rings (SSSR count). The first-order chi connectivity index (χ1) is 10.3. The summed E-state index contributed by atoms with van der Waals surface area (Å²) >= 11 is 1.71. The van der Waals surface area contributed by atoms with E-state index in [9.17, 15) is 4.79 Å². The van der Waals surface area contributed by atoms with Gasteiger partial charge in [-0.15, -0.1) is 11.3 Å². The molecule has 4 heteroatoms. The molecule has 21 heavy (non-hydrogen) atoms. The van der Waals surface area contributed by atoms with Crippen LogP contribution in [0.25, 0.3) is 10.1 Å². The van der Waals surface area contributed by atoms with Gasteiger partial charge in [0, 0.05) is 17.2 Å². The monoisotopic (exact) mass is 303 g/mol. The maximum atomic E-state index is 12.6. The number of hydrogen-bond donors (Lipinski definition) is 1. The van der Waals surface area contributed by atoms with E-state index >= 15 is 0 Å². The number of Topliss-reactive ketones (excluding diaryl/α,β-unsaturated/α-hetero) is 1. The zero-order valence-electron chi connectivity index (χ0n) is 12.3. The van der Waals surface area contributed by atoms with E-state index in [0.717, 1.165) is 18.5 Å². The second-order valence-corrected chi connectivity index (χ2v) is 6.52. The largest absolute Gasteiger partial charge is 0.379 e. The summed E-state index contributed by atoms with van der Waals surface area (Å²) in [6.45, 7) is 4.29. The molecule has 0 aliphatic carbocycles. The molecule has 0 saturated carbocycles.